The first-order chi connectivity index (χ1) is 12.3. The van der Waals surface area contributed by atoms with Gasteiger partial charge < -0.3 is 5.32 Å². The second-order valence-electron chi connectivity index (χ2n) is 6.81. The molecular weight excluding hydrogens is 366 g/mol. The van der Waals surface area contributed by atoms with Crippen LogP contribution in [0.3, 0.4) is 0 Å². The Bertz CT molecular complexity index is 943. The molecule has 0 bridgehead atoms. The fourth-order valence-corrected chi connectivity index (χ4v) is 3.99. The lowest BCUT2D eigenvalue weighted by atomic mass is 9.95. The van der Waals surface area contributed by atoms with E-state index in [1.165, 1.54) is 18.1 Å². The highest BCUT2D eigenvalue weighted by molar-refractivity contribution is 8.00. The van der Waals surface area contributed by atoms with E-state index in [2.05, 4.69) is 15.3 Å². The van der Waals surface area contributed by atoms with Crippen LogP contribution in [0.1, 0.15) is 31.1 Å². The van der Waals surface area contributed by atoms with Gasteiger partial charge >= 0.3 is 0 Å². The van der Waals surface area contributed by atoms with Crippen molar-refractivity contribution in [1.29, 1.82) is 0 Å². The molecule has 0 unspecified atom stereocenters. The van der Waals surface area contributed by atoms with Crippen molar-refractivity contribution >= 4 is 50.7 Å². The Morgan fingerprint density at radius 1 is 1.12 bits per heavy atom. The van der Waals surface area contributed by atoms with Gasteiger partial charge in [0.25, 0.3) is 0 Å². The number of amides is 1. The van der Waals surface area contributed by atoms with E-state index in [-0.39, 0.29) is 11.7 Å². The minimum Gasteiger partial charge on any atom is -0.326 e. The van der Waals surface area contributed by atoms with Crippen LogP contribution in [0, 0.1) is 5.41 Å². The quantitative estimate of drug-likeness (QED) is 0.393. The molecule has 3 aromatic rings. The fraction of sp³-hybridized carbons (Fsp3) is 0.263. The molecule has 1 N–H and O–H groups in total. The van der Waals surface area contributed by atoms with E-state index < -0.39 is 5.41 Å². The number of nitrogens with zero attached hydrogens (tertiary/aromatic N) is 2. The molecule has 7 heteroatoms. The van der Waals surface area contributed by atoms with E-state index in [9.17, 15) is 9.59 Å². The molecule has 0 fully saturated rings. The summed E-state index contributed by atoms with van der Waals surface area (Å²) in [6, 6.07) is 8.93. The summed E-state index contributed by atoms with van der Waals surface area (Å²) in [6.45, 7) is 5.57. The molecule has 0 radical (unpaired) electrons. The van der Waals surface area contributed by atoms with Gasteiger partial charge in [-0.1, -0.05) is 32.5 Å². The minimum atomic E-state index is -0.463. The zero-order valence-electron chi connectivity index (χ0n) is 14.8. The number of carbonyl (C=O) groups excluding carboxylic acids is 2. The Kier molecular flexibility index (Phi) is 5.38. The van der Waals surface area contributed by atoms with Crippen molar-refractivity contribution < 1.29 is 9.59 Å². The summed E-state index contributed by atoms with van der Waals surface area (Å²) in [7, 11) is 0. The molecule has 0 aliphatic heterocycles. The molecular formula is C19H19N3O2S2. The van der Waals surface area contributed by atoms with E-state index in [1.54, 1.807) is 35.6 Å². The Morgan fingerprint density at radius 3 is 2.54 bits per heavy atom. The highest BCUT2D eigenvalue weighted by atomic mass is 32.2. The van der Waals surface area contributed by atoms with E-state index in [0.29, 0.717) is 17.0 Å². The molecule has 0 aliphatic rings. The van der Waals surface area contributed by atoms with Crippen LogP contribution in [0.4, 0.5) is 5.69 Å². The zero-order valence-corrected chi connectivity index (χ0v) is 16.4. The molecule has 0 saturated carbocycles. The Labute approximate surface area is 160 Å². The third-order valence-electron chi connectivity index (χ3n) is 3.70. The smallest absolute Gasteiger partial charge is 0.229 e. The van der Waals surface area contributed by atoms with Gasteiger partial charge in [0.1, 0.15) is 11.4 Å². The van der Waals surface area contributed by atoms with Gasteiger partial charge in [-0.25, -0.2) is 9.97 Å². The topological polar surface area (TPSA) is 72.0 Å². The predicted octanol–water partition coefficient (Wildman–Crippen LogP) is 4.65. The SMILES string of the molecule is CC(C)(C)C(=O)Nc1ccc(C(=O)CSc2ncnc3ccsc23)cc1. The summed E-state index contributed by atoms with van der Waals surface area (Å²) >= 11 is 2.99. The first kappa shape index (κ1) is 18.5. The van der Waals surface area contributed by atoms with Crippen molar-refractivity contribution in [1.82, 2.24) is 9.97 Å². The van der Waals surface area contributed by atoms with E-state index in [4.69, 9.17) is 0 Å². The standard InChI is InChI=1S/C19H19N3O2S2/c1-19(2,3)18(24)22-13-6-4-12(5-7-13)15(23)10-26-17-16-14(8-9-25-16)20-11-21-17/h4-9,11H,10H2,1-3H3,(H,22,24). The lowest BCUT2D eigenvalue weighted by Gasteiger charge is -2.17. The molecule has 3 rings (SSSR count). The van der Waals surface area contributed by atoms with Crippen LogP contribution in [-0.2, 0) is 4.79 Å². The number of nitrogens with one attached hydrogen (secondary N) is 1. The second kappa shape index (κ2) is 7.55. The van der Waals surface area contributed by atoms with Gasteiger partial charge in [-0.2, -0.15) is 0 Å². The van der Waals surface area contributed by atoms with Crippen LogP contribution in [0.25, 0.3) is 10.2 Å². The normalized spacial score (nSPS) is 11.5. The number of hydrogen-bond acceptors (Lipinski definition) is 6. The molecule has 1 aromatic carbocycles. The van der Waals surface area contributed by atoms with E-state index in [1.807, 2.05) is 32.2 Å². The number of thioether (sulfide) groups is 1. The average Bonchev–Trinajstić information content (AvgIpc) is 3.08. The van der Waals surface area contributed by atoms with Gasteiger partial charge in [0.15, 0.2) is 5.78 Å². The van der Waals surface area contributed by atoms with Gasteiger partial charge in [0.2, 0.25) is 5.91 Å². The van der Waals surface area contributed by atoms with Gasteiger partial charge in [-0.05, 0) is 35.7 Å². The average molecular weight is 386 g/mol. The third kappa shape index (κ3) is 4.28. The van der Waals surface area contributed by atoms with Gasteiger partial charge in [-0.15, -0.1) is 11.3 Å². The number of anilines is 1. The number of ketones is 1. The lowest BCUT2D eigenvalue weighted by molar-refractivity contribution is -0.123. The summed E-state index contributed by atoms with van der Waals surface area (Å²) in [5.74, 6) is 0.264. The zero-order chi connectivity index (χ0) is 18.7. The monoisotopic (exact) mass is 385 g/mol. The molecule has 0 spiro atoms. The predicted molar refractivity (Wildman–Crippen MR) is 107 cm³/mol. The first-order valence-electron chi connectivity index (χ1n) is 8.10. The maximum Gasteiger partial charge on any atom is 0.229 e. The maximum atomic E-state index is 12.4. The van der Waals surface area contributed by atoms with E-state index >= 15 is 0 Å². The number of thiophene rings is 1. The highest BCUT2D eigenvalue weighted by Gasteiger charge is 2.21. The molecule has 26 heavy (non-hydrogen) atoms. The summed E-state index contributed by atoms with van der Waals surface area (Å²) in [4.78, 5) is 32.9. The van der Waals surface area contributed by atoms with Gasteiger partial charge in [-0.3, -0.25) is 9.59 Å². The number of rotatable bonds is 5. The molecule has 0 aliphatic carbocycles. The molecule has 1 amide bonds. The number of aromatic nitrogens is 2. The molecule has 134 valence electrons. The number of Topliss-reactive ketones (excluding diaryl/α,β-unsaturated/α-hetero) is 1. The van der Waals surface area contributed by atoms with E-state index in [0.717, 1.165) is 15.2 Å². The van der Waals surface area contributed by atoms with Crippen molar-refractivity contribution in [3.63, 3.8) is 0 Å². The Morgan fingerprint density at radius 2 is 1.85 bits per heavy atom. The molecule has 0 saturated heterocycles. The van der Waals surface area contributed by atoms with Gasteiger partial charge in [0.05, 0.1) is 16.0 Å². The van der Waals surface area contributed by atoms with Gasteiger partial charge in [0, 0.05) is 16.7 Å². The van der Waals surface area contributed by atoms with Crippen molar-refractivity contribution in [2.24, 2.45) is 5.41 Å². The number of fused-ring (bicyclic) bond motifs is 1. The van der Waals surface area contributed by atoms with Crippen LogP contribution in [0.5, 0.6) is 0 Å². The fourth-order valence-electron chi connectivity index (χ4n) is 2.14. The first-order valence-corrected chi connectivity index (χ1v) is 9.97. The summed E-state index contributed by atoms with van der Waals surface area (Å²) in [6.07, 6.45) is 1.52. The van der Waals surface area contributed by atoms with Crippen LogP contribution >= 0.6 is 23.1 Å². The lowest BCUT2D eigenvalue weighted by Crippen LogP contribution is -2.27. The number of benzene rings is 1. The minimum absolute atomic E-state index is 0.0204. The number of hydrogen-bond donors (Lipinski definition) is 1. The third-order valence-corrected chi connectivity index (χ3v) is 5.73. The Balaban J connectivity index is 1.63. The van der Waals surface area contributed by atoms with Crippen LogP contribution < -0.4 is 5.32 Å². The highest BCUT2D eigenvalue weighted by Crippen LogP contribution is 2.29. The molecule has 2 heterocycles. The van der Waals surface area contributed by atoms with Crippen molar-refractivity contribution in [3.8, 4) is 0 Å². The summed E-state index contributed by atoms with van der Waals surface area (Å²) in [5, 5.41) is 5.65. The van der Waals surface area contributed by atoms with Crippen LogP contribution in [-0.4, -0.2) is 27.4 Å². The molecule has 0 atom stereocenters. The molecule has 2 aromatic heterocycles. The number of carbonyl (C=O) groups is 2. The van der Waals surface area contributed by atoms with Crippen molar-refractivity contribution in [2.45, 2.75) is 25.8 Å². The molecule has 5 nitrogen and oxygen atoms in total. The summed E-state index contributed by atoms with van der Waals surface area (Å²) < 4.78 is 1.01. The Hall–Kier alpha value is -2.25. The van der Waals surface area contributed by atoms with Crippen molar-refractivity contribution in [3.05, 3.63) is 47.6 Å². The second-order valence-corrected chi connectivity index (χ2v) is 8.69. The van der Waals surface area contributed by atoms with Crippen LogP contribution in [0.2, 0.25) is 0 Å². The maximum absolute atomic E-state index is 12.4. The van der Waals surface area contributed by atoms with Crippen LogP contribution in [0.15, 0.2) is 47.1 Å². The summed E-state index contributed by atoms with van der Waals surface area (Å²) in [5.41, 5.74) is 1.74. The van der Waals surface area contributed by atoms with Crippen molar-refractivity contribution in [2.75, 3.05) is 11.1 Å². The largest absolute Gasteiger partial charge is 0.326 e.